The van der Waals surface area contributed by atoms with Gasteiger partial charge < -0.3 is 47.5 Å². The Kier molecular flexibility index (Phi) is 11.3. The molecule has 3 aliphatic heterocycles. The number of halogens is 11. The van der Waals surface area contributed by atoms with Crippen molar-refractivity contribution in [3.05, 3.63) is 0 Å². The van der Waals surface area contributed by atoms with Crippen LogP contribution in [-0.4, -0.2) is 73.4 Å². The molecular weight excluding hydrogens is 418 g/mol. The van der Waals surface area contributed by atoms with E-state index in [9.17, 15) is 47.5 Å². The third kappa shape index (κ3) is 4.47. The molecule has 0 N–H and O–H groups in total. The summed E-state index contributed by atoms with van der Waals surface area (Å²) in [5.74, 6) is 0. The fourth-order valence-electron chi connectivity index (χ4n) is 3.46. The SMILES string of the molecule is FB1C[B-]2(F)B(F)[B-](F)(B(F)B(F)B(F)B(F)B(F)B1F)B2F.[K+].[K+]. The van der Waals surface area contributed by atoms with E-state index in [1.54, 1.807) is 0 Å². The molecule has 3 rings (SSSR count). The van der Waals surface area contributed by atoms with E-state index in [1.165, 1.54) is 0 Å². The molecule has 3 fully saturated rings. The van der Waals surface area contributed by atoms with Crippen LogP contribution < -0.4 is 103 Å². The molecule has 0 aromatic rings. The number of hydrogen-bond donors (Lipinski definition) is 0. The summed E-state index contributed by atoms with van der Waals surface area (Å²) in [6.07, 6.45) is -12.2. The first kappa shape index (κ1) is 28.2. The first-order chi connectivity index (χ1) is 10.4. The first-order valence-corrected chi connectivity index (χ1v) is 6.88. The molecule has 3 aliphatic rings. The van der Waals surface area contributed by atoms with Gasteiger partial charge >= 0.3 is 144 Å². The smallest absolute Gasteiger partial charge is 0.541 e. The van der Waals surface area contributed by atoms with Crippen molar-refractivity contribution in [3.63, 3.8) is 0 Å². The zero-order valence-corrected chi connectivity index (χ0v) is 19.5. The Morgan fingerprint density at radius 3 is 1.36 bits per heavy atom. The van der Waals surface area contributed by atoms with Crippen molar-refractivity contribution < 1.29 is 150 Å². The molecule has 3 saturated heterocycles. The van der Waals surface area contributed by atoms with Gasteiger partial charge in [0.1, 0.15) is 12.3 Å². The molecule has 0 nitrogen and oxygen atoms in total. The van der Waals surface area contributed by atoms with Crippen LogP contribution in [0, 0.1) is 0 Å². The first-order valence-electron chi connectivity index (χ1n) is 6.88. The molecule has 0 unspecified atom stereocenters. The van der Waals surface area contributed by atoms with Gasteiger partial charge in [-0.3, -0.25) is 0 Å². The van der Waals surface area contributed by atoms with E-state index in [0.717, 1.165) is 0 Å². The molecule has 0 amide bonds. The predicted molar refractivity (Wildman–Crippen MR) is 80.3 cm³/mol. The Morgan fingerprint density at radius 2 is 0.920 bits per heavy atom. The summed E-state index contributed by atoms with van der Waals surface area (Å²) >= 11 is 0. The second kappa shape index (κ2) is 10.0. The third-order valence-corrected chi connectivity index (χ3v) is 4.98. The summed E-state index contributed by atoms with van der Waals surface area (Å²) in [5.41, 5.74) is 0. The molecule has 0 aromatic carbocycles. The molecule has 24 heteroatoms. The van der Waals surface area contributed by atoms with E-state index in [4.69, 9.17) is 0 Å². The molecular formula is CH2B11F11K2. The maximum Gasteiger partial charge on any atom is 1.00 e. The fourth-order valence-corrected chi connectivity index (χ4v) is 3.46. The molecule has 25 heavy (non-hydrogen) atoms. The van der Waals surface area contributed by atoms with Gasteiger partial charge in [-0.2, -0.15) is 6.22 Å². The summed E-state index contributed by atoms with van der Waals surface area (Å²) in [6.45, 7) is -33.4. The number of rotatable bonds is 0. The third-order valence-electron chi connectivity index (χ3n) is 4.98. The Balaban J connectivity index is 0.00000288. The summed E-state index contributed by atoms with van der Waals surface area (Å²) in [7, 11) is 0. The molecule has 0 atom stereocenters. The Bertz CT molecular complexity index is 450. The average Bonchev–Trinajstić information content (AvgIpc) is 2.54. The van der Waals surface area contributed by atoms with Crippen molar-refractivity contribution in [1.29, 1.82) is 0 Å². The van der Waals surface area contributed by atoms with Crippen molar-refractivity contribution in [2.24, 2.45) is 0 Å². The number of hydrogen-bond acceptors (Lipinski definition) is 0. The standard InChI is InChI=1S/CH2B11F11.2K/c13-2-1-11(22)9(20)12(23,10(11)21)8(19)7(18)6(17)5(16)4(15)3(2)14;;/h1H2;;/q-2;2*+1. The van der Waals surface area contributed by atoms with Gasteiger partial charge in [0.05, 0.1) is 13.5 Å². The quantitative estimate of drug-likeness (QED) is 0.272. The molecule has 3 heterocycles. The van der Waals surface area contributed by atoms with Crippen molar-refractivity contribution in [1.82, 2.24) is 0 Å². The Labute approximate surface area is 225 Å². The second-order valence-corrected chi connectivity index (χ2v) is 6.33. The Morgan fingerprint density at radius 1 is 0.560 bits per heavy atom. The van der Waals surface area contributed by atoms with Crippen LogP contribution in [0.3, 0.4) is 0 Å². The molecule has 0 spiro atoms. The largest absolute Gasteiger partial charge is 1.00 e. The van der Waals surface area contributed by atoms with Crippen LogP contribution >= 0.6 is 0 Å². The summed E-state index contributed by atoms with van der Waals surface area (Å²) in [5, 5.41) is 0. The van der Waals surface area contributed by atoms with Crippen LogP contribution in [0.25, 0.3) is 0 Å². The zero-order chi connectivity index (χ0) is 17.9. The van der Waals surface area contributed by atoms with Crippen LogP contribution in [-0.2, 0) is 0 Å². The van der Waals surface area contributed by atoms with Gasteiger partial charge in [0.2, 0.25) is 6.77 Å². The van der Waals surface area contributed by atoms with E-state index in [-0.39, 0.29) is 103 Å². The van der Waals surface area contributed by atoms with E-state index in [0.29, 0.717) is 0 Å². The molecule has 0 saturated carbocycles. The van der Waals surface area contributed by atoms with E-state index >= 15 is 0 Å². The second-order valence-electron chi connectivity index (χ2n) is 6.33. The minimum Gasteiger partial charge on any atom is -0.541 e. The maximum atomic E-state index is 14.0. The normalized spacial score (nSPS) is 30.6. The minimum absolute atomic E-state index is 0. The maximum absolute atomic E-state index is 14.0. The van der Waals surface area contributed by atoms with Crippen molar-refractivity contribution >= 4 is 73.4 Å². The molecule has 0 aromatic heterocycles. The fraction of sp³-hybridized carbons (Fsp3) is 1.00. The molecule has 118 valence electrons. The van der Waals surface area contributed by atoms with Gasteiger partial charge in [0.15, 0.2) is 0 Å². The van der Waals surface area contributed by atoms with Crippen LogP contribution in [0.4, 0.5) is 47.5 Å². The van der Waals surface area contributed by atoms with Crippen LogP contribution in [0.5, 0.6) is 0 Å². The van der Waals surface area contributed by atoms with E-state index in [2.05, 4.69) is 0 Å². The predicted octanol–water partition coefficient (Wildman–Crippen LogP) is -5.10. The summed E-state index contributed by atoms with van der Waals surface area (Å²) in [6, 6.07) is 0. The van der Waals surface area contributed by atoms with Gasteiger partial charge in [0, 0.05) is 0 Å². The zero-order valence-electron chi connectivity index (χ0n) is 13.2. The topological polar surface area (TPSA) is 0 Å². The van der Waals surface area contributed by atoms with Gasteiger partial charge in [-0.15, -0.1) is 0 Å². The van der Waals surface area contributed by atoms with Crippen molar-refractivity contribution in [3.8, 4) is 0 Å². The van der Waals surface area contributed by atoms with Gasteiger partial charge in [-0.05, 0) is 0 Å². The van der Waals surface area contributed by atoms with Crippen molar-refractivity contribution in [2.45, 2.75) is 6.22 Å². The van der Waals surface area contributed by atoms with E-state index < -0.39 is 79.6 Å². The van der Waals surface area contributed by atoms with Crippen LogP contribution in [0.1, 0.15) is 0 Å². The molecule has 0 radical (unpaired) electrons. The van der Waals surface area contributed by atoms with Gasteiger partial charge in [-0.1, -0.05) is 0 Å². The van der Waals surface area contributed by atoms with Crippen LogP contribution in [0.15, 0.2) is 0 Å². The molecule has 2 bridgehead atoms. The monoisotopic (exact) mass is 422 g/mol. The van der Waals surface area contributed by atoms with Gasteiger partial charge in [0.25, 0.3) is 0 Å². The number of fused-ring (bicyclic) bond motifs is 7. The van der Waals surface area contributed by atoms with Gasteiger partial charge in [-0.25, -0.2) is 0 Å². The Hall–Kier alpha value is 3.22. The van der Waals surface area contributed by atoms with Crippen LogP contribution in [0.2, 0.25) is 6.22 Å². The molecule has 0 aliphatic carbocycles. The average molecular weight is 420 g/mol. The summed E-state index contributed by atoms with van der Waals surface area (Å²) in [4.78, 5) is 0. The van der Waals surface area contributed by atoms with Crippen molar-refractivity contribution in [2.75, 3.05) is 0 Å². The summed E-state index contributed by atoms with van der Waals surface area (Å²) < 4.78 is 149. The minimum atomic E-state index is -5.30. The van der Waals surface area contributed by atoms with E-state index in [1.807, 2.05) is 0 Å².